The van der Waals surface area contributed by atoms with Crippen LogP contribution >= 0.6 is 0 Å². The predicted molar refractivity (Wildman–Crippen MR) is 57.2 cm³/mol. The Balaban J connectivity index is 2.26. The van der Waals surface area contributed by atoms with Gasteiger partial charge in [-0.1, -0.05) is 19.3 Å². The number of rotatable bonds is 1. The van der Waals surface area contributed by atoms with Gasteiger partial charge in [0.25, 0.3) is 5.56 Å². The Labute approximate surface area is 83.5 Å². The Morgan fingerprint density at radius 1 is 1.29 bits per heavy atom. The van der Waals surface area contributed by atoms with Crippen molar-refractivity contribution in [2.75, 3.05) is 5.73 Å². The highest BCUT2D eigenvalue weighted by Gasteiger charge is 2.15. The minimum absolute atomic E-state index is 0.0388. The number of hydrogen-bond acceptors (Lipinski definition) is 2. The summed E-state index contributed by atoms with van der Waals surface area (Å²) >= 11 is 0. The molecular weight excluding hydrogens is 176 g/mol. The van der Waals surface area contributed by atoms with Gasteiger partial charge in [-0.25, -0.2) is 0 Å². The highest BCUT2D eigenvalue weighted by atomic mass is 16.1. The van der Waals surface area contributed by atoms with Crippen LogP contribution in [0.5, 0.6) is 0 Å². The van der Waals surface area contributed by atoms with Gasteiger partial charge in [0.05, 0.1) is 0 Å². The maximum atomic E-state index is 11.6. The summed E-state index contributed by atoms with van der Waals surface area (Å²) in [5.41, 5.74) is 6.14. The second-order valence-electron chi connectivity index (χ2n) is 4.00. The highest BCUT2D eigenvalue weighted by molar-refractivity contribution is 5.34. The van der Waals surface area contributed by atoms with Crippen LogP contribution in [0.2, 0.25) is 0 Å². The fourth-order valence-electron chi connectivity index (χ4n) is 2.17. The average Bonchev–Trinajstić information content (AvgIpc) is 2.19. The molecule has 2 N–H and O–H groups in total. The van der Waals surface area contributed by atoms with E-state index >= 15 is 0 Å². The first-order chi connectivity index (χ1) is 6.77. The van der Waals surface area contributed by atoms with E-state index in [9.17, 15) is 4.79 Å². The van der Waals surface area contributed by atoms with Gasteiger partial charge >= 0.3 is 0 Å². The highest BCUT2D eigenvalue weighted by Crippen LogP contribution is 2.26. The van der Waals surface area contributed by atoms with Gasteiger partial charge in [-0.05, 0) is 18.9 Å². The maximum Gasteiger partial charge on any atom is 0.252 e. The quantitative estimate of drug-likeness (QED) is 0.739. The summed E-state index contributed by atoms with van der Waals surface area (Å²) in [6, 6.07) is 3.71. The lowest BCUT2D eigenvalue weighted by molar-refractivity contribution is 0.346. The van der Waals surface area contributed by atoms with E-state index in [4.69, 9.17) is 5.73 Å². The van der Waals surface area contributed by atoms with Crippen LogP contribution in [0.25, 0.3) is 0 Å². The molecule has 1 fully saturated rings. The summed E-state index contributed by atoms with van der Waals surface area (Å²) in [7, 11) is 0. The normalized spacial score (nSPS) is 18.3. The third kappa shape index (κ3) is 1.81. The Morgan fingerprint density at radius 2 is 2.00 bits per heavy atom. The molecule has 1 aromatic rings. The molecule has 0 bridgehead atoms. The molecule has 76 valence electrons. The van der Waals surface area contributed by atoms with Crippen molar-refractivity contribution in [3.05, 3.63) is 28.7 Å². The summed E-state index contributed by atoms with van der Waals surface area (Å²) in [6.07, 6.45) is 7.87. The fourth-order valence-corrected chi connectivity index (χ4v) is 2.17. The molecule has 1 heterocycles. The van der Waals surface area contributed by atoms with Gasteiger partial charge in [0, 0.05) is 24.0 Å². The molecule has 0 spiro atoms. The van der Waals surface area contributed by atoms with Crippen molar-refractivity contribution in [2.45, 2.75) is 38.1 Å². The average molecular weight is 192 g/mol. The van der Waals surface area contributed by atoms with Crippen molar-refractivity contribution in [1.82, 2.24) is 4.57 Å². The molecule has 0 aliphatic heterocycles. The lowest BCUT2D eigenvalue weighted by atomic mass is 9.95. The molecule has 0 amide bonds. The van der Waals surface area contributed by atoms with E-state index in [1.807, 2.05) is 10.8 Å². The zero-order valence-corrected chi connectivity index (χ0v) is 8.28. The molecule has 1 aromatic heterocycles. The largest absolute Gasteiger partial charge is 0.399 e. The van der Waals surface area contributed by atoms with Crippen LogP contribution in [0.4, 0.5) is 5.69 Å². The molecule has 0 aromatic carbocycles. The van der Waals surface area contributed by atoms with Crippen LogP contribution in [-0.4, -0.2) is 4.57 Å². The second kappa shape index (κ2) is 3.86. The third-order valence-corrected chi connectivity index (χ3v) is 2.94. The van der Waals surface area contributed by atoms with Crippen LogP contribution in [0.15, 0.2) is 23.1 Å². The second-order valence-corrected chi connectivity index (χ2v) is 4.00. The lowest BCUT2D eigenvalue weighted by Crippen LogP contribution is -2.25. The van der Waals surface area contributed by atoms with Gasteiger partial charge in [-0.15, -0.1) is 0 Å². The molecule has 1 aliphatic rings. The van der Waals surface area contributed by atoms with Crippen molar-refractivity contribution >= 4 is 5.69 Å². The zero-order valence-electron chi connectivity index (χ0n) is 8.28. The van der Waals surface area contributed by atoms with Crippen LogP contribution < -0.4 is 11.3 Å². The molecule has 1 saturated carbocycles. The van der Waals surface area contributed by atoms with Crippen molar-refractivity contribution in [2.24, 2.45) is 0 Å². The number of aromatic nitrogens is 1. The summed E-state index contributed by atoms with van der Waals surface area (Å²) < 4.78 is 1.83. The molecule has 1 aliphatic carbocycles. The van der Waals surface area contributed by atoms with Gasteiger partial charge in [-0.2, -0.15) is 0 Å². The number of pyridine rings is 1. The Morgan fingerprint density at radius 3 is 2.64 bits per heavy atom. The van der Waals surface area contributed by atoms with E-state index in [1.165, 1.54) is 25.3 Å². The molecule has 0 unspecified atom stereocenters. The van der Waals surface area contributed by atoms with E-state index in [0.29, 0.717) is 11.7 Å². The standard InChI is InChI=1S/C11H16N2O/c12-9-6-7-13(11(14)8-9)10-4-2-1-3-5-10/h6-8,10H,1-5,12H2. The molecule has 0 saturated heterocycles. The summed E-state index contributed by atoms with van der Waals surface area (Å²) in [5, 5.41) is 0. The van der Waals surface area contributed by atoms with Crippen molar-refractivity contribution < 1.29 is 0 Å². The minimum Gasteiger partial charge on any atom is -0.399 e. The first-order valence-electron chi connectivity index (χ1n) is 5.25. The molecule has 14 heavy (non-hydrogen) atoms. The predicted octanol–water partition coefficient (Wildman–Crippen LogP) is 1.94. The van der Waals surface area contributed by atoms with Gasteiger partial charge in [-0.3, -0.25) is 4.79 Å². The number of hydrogen-bond donors (Lipinski definition) is 1. The molecule has 0 radical (unpaired) electrons. The topological polar surface area (TPSA) is 48.0 Å². The molecule has 3 nitrogen and oxygen atoms in total. The van der Waals surface area contributed by atoms with Crippen molar-refractivity contribution in [3.63, 3.8) is 0 Å². The summed E-state index contributed by atoms with van der Waals surface area (Å²) in [5.74, 6) is 0. The van der Waals surface area contributed by atoms with Gasteiger partial charge in [0.15, 0.2) is 0 Å². The molecular formula is C11H16N2O. The van der Waals surface area contributed by atoms with Crippen LogP contribution in [-0.2, 0) is 0 Å². The third-order valence-electron chi connectivity index (χ3n) is 2.94. The van der Waals surface area contributed by atoms with Crippen molar-refractivity contribution in [3.8, 4) is 0 Å². The number of nitrogen functional groups attached to an aromatic ring is 1. The fraction of sp³-hybridized carbons (Fsp3) is 0.545. The number of nitrogens with two attached hydrogens (primary N) is 1. The van der Waals surface area contributed by atoms with E-state index < -0.39 is 0 Å². The van der Waals surface area contributed by atoms with E-state index in [1.54, 1.807) is 6.07 Å². The number of nitrogens with zero attached hydrogens (tertiary/aromatic N) is 1. The van der Waals surface area contributed by atoms with E-state index in [0.717, 1.165) is 12.8 Å². The first kappa shape index (κ1) is 9.31. The van der Waals surface area contributed by atoms with Gasteiger partial charge in [0.1, 0.15) is 0 Å². The Bertz CT molecular complexity index is 364. The Hall–Kier alpha value is -1.25. The van der Waals surface area contributed by atoms with E-state index in [2.05, 4.69) is 0 Å². The molecule has 0 atom stereocenters. The minimum atomic E-state index is 0.0388. The van der Waals surface area contributed by atoms with Crippen LogP contribution in [0.1, 0.15) is 38.1 Å². The SMILES string of the molecule is Nc1ccn(C2CCCCC2)c(=O)c1. The maximum absolute atomic E-state index is 11.6. The monoisotopic (exact) mass is 192 g/mol. The first-order valence-corrected chi connectivity index (χ1v) is 5.25. The molecule has 2 rings (SSSR count). The van der Waals surface area contributed by atoms with E-state index in [-0.39, 0.29) is 5.56 Å². The summed E-state index contributed by atoms with van der Waals surface area (Å²) in [4.78, 5) is 11.6. The van der Waals surface area contributed by atoms with Crippen molar-refractivity contribution in [1.29, 1.82) is 0 Å². The zero-order chi connectivity index (χ0) is 9.97. The molecule has 3 heteroatoms. The van der Waals surface area contributed by atoms with Gasteiger partial charge in [0.2, 0.25) is 0 Å². The van der Waals surface area contributed by atoms with Gasteiger partial charge < -0.3 is 10.3 Å². The Kier molecular flexibility index (Phi) is 2.57. The number of anilines is 1. The smallest absolute Gasteiger partial charge is 0.252 e. The summed E-state index contributed by atoms with van der Waals surface area (Å²) in [6.45, 7) is 0. The van der Waals surface area contributed by atoms with Crippen LogP contribution in [0.3, 0.4) is 0 Å². The lowest BCUT2D eigenvalue weighted by Gasteiger charge is -2.23. The van der Waals surface area contributed by atoms with Crippen LogP contribution in [0, 0.1) is 0 Å².